The zero-order valence-electron chi connectivity index (χ0n) is 21.3. The first-order valence-corrected chi connectivity index (χ1v) is 12.8. The minimum Gasteiger partial charge on any atom is -0.489 e. The lowest BCUT2D eigenvalue weighted by Crippen LogP contribution is -2.46. The van der Waals surface area contributed by atoms with Crippen LogP contribution in [-0.4, -0.2) is 22.2 Å². The number of aliphatic carboxylic acids is 2. The highest BCUT2D eigenvalue weighted by atomic mass is 35.5. The number of hydrogen-bond acceptors (Lipinski definition) is 4. The first-order valence-electron chi connectivity index (χ1n) is 12.4. The van der Waals surface area contributed by atoms with Gasteiger partial charge in [0.1, 0.15) is 17.8 Å². The zero-order chi connectivity index (χ0) is 27.4. The lowest BCUT2D eigenvalue weighted by Gasteiger charge is -2.41. The van der Waals surface area contributed by atoms with Gasteiger partial charge in [-0.05, 0) is 71.0 Å². The molecule has 7 heteroatoms. The van der Waals surface area contributed by atoms with E-state index in [1.54, 1.807) is 50.3 Å². The molecule has 6 nitrogen and oxygen atoms in total. The topological polar surface area (TPSA) is 110 Å². The molecule has 0 saturated heterocycles. The van der Waals surface area contributed by atoms with Crippen molar-refractivity contribution in [2.45, 2.75) is 38.8 Å². The van der Waals surface area contributed by atoms with Crippen LogP contribution in [0.1, 0.15) is 42.5 Å². The largest absolute Gasteiger partial charge is 0.489 e. The van der Waals surface area contributed by atoms with E-state index in [1.807, 2.05) is 42.5 Å². The molecule has 3 aromatic rings. The second-order valence-electron chi connectivity index (χ2n) is 9.34. The van der Waals surface area contributed by atoms with Crippen molar-refractivity contribution in [3.05, 3.63) is 117 Å². The van der Waals surface area contributed by atoms with E-state index in [-0.39, 0.29) is 12.1 Å². The van der Waals surface area contributed by atoms with E-state index in [1.165, 1.54) is 0 Å². The van der Waals surface area contributed by atoms with E-state index in [4.69, 9.17) is 22.1 Å². The third kappa shape index (κ3) is 4.97. The predicted octanol–water partition coefficient (Wildman–Crippen LogP) is 6.22. The Morgan fingerprint density at radius 1 is 1.03 bits per heavy atom. The number of ether oxygens (including phenoxy) is 1. The Morgan fingerprint density at radius 2 is 1.71 bits per heavy atom. The molecule has 4 rings (SSSR count). The van der Waals surface area contributed by atoms with Crippen LogP contribution < -0.4 is 10.5 Å². The van der Waals surface area contributed by atoms with E-state index in [2.05, 4.69) is 0 Å². The summed E-state index contributed by atoms with van der Waals surface area (Å²) in [5, 5.41) is 21.5. The maximum absolute atomic E-state index is 13.2. The van der Waals surface area contributed by atoms with Gasteiger partial charge in [-0.25, -0.2) is 4.79 Å². The molecule has 0 aliphatic heterocycles. The van der Waals surface area contributed by atoms with E-state index in [0.717, 1.165) is 5.56 Å². The third-order valence-electron chi connectivity index (χ3n) is 7.22. The fourth-order valence-electron chi connectivity index (χ4n) is 5.40. The van der Waals surface area contributed by atoms with Crippen molar-refractivity contribution in [2.75, 3.05) is 0 Å². The second kappa shape index (κ2) is 11.3. The van der Waals surface area contributed by atoms with E-state index in [9.17, 15) is 19.8 Å². The Labute approximate surface area is 227 Å². The Hall–Kier alpha value is -3.87. The Bertz CT molecular complexity index is 1410. The molecule has 0 fully saturated rings. The van der Waals surface area contributed by atoms with Gasteiger partial charge in [-0.15, -0.1) is 0 Å². The summed E-state index contributed by atoms with van der Waals surface area (Å²) in [7, 11) is 0. The van der Waals surface area contributed by atoms with E-state index < -0.39 is 23.3 Å². The van der Waals surface area contributed by atoms with Crippen LogP contribution in [-0.2, 0) is 28.2 Å². The smallest absolute Gasteiger partial charge is 0.332 e. The molecule has 0 amide bonds. The summed E-state index contributed by atoms with van der Waals surface area (Å²) < 4.78 is 5.90. The average Bonchev–Trinajstić information content (AvgIpc) is 2.92. The second-order valence-corrected chi connectivity index (χ2v) is 9.78. The maximum Gasteiger partial charge on any atom is 0.332 e. The van der Waals surface area contributed by atoms with Gasteiger partial charge in [-0.3, -0.25) is 4.79 Å². The van der Waals surface area contributed by atoms with Crippen molar-refractivity contribution in [1.82, 2.24) is 0 Å². The van der Waals surface area contributed by atoms with Crippen LogP contribution in [0.4, 0.5) is 0 Å². The minimum absolute atomic E-state index is 0.0586. The highest BCUT2D eigenvalue weighted by Crippen LogP contribution is 2.50. The lowest BCUT2D eigenvalue weighted by molar-refractivity contribution is -0.144. The fraction of sp³-hybridized carbons (Fsp3) is 0.226. The Morgan fingerprint density at radius 3 is 2.29 bits per heavy atom. The molecule has 4 N–H and O–H groups in total. The van der Waals surface area contributed by atoms with Crippen molar-refractivity contribution < 1.29 is 24.5 Å². The normalized spacial score (nSPS) is 19.2. The summed E-state index contributed by atoms with van der Waals surface area (Å²) in [4.78, 5) is 25.8. The molecule has 0 aromatic heterocycles. The average molecular weight is 532 g/mol. The first kappa shape index (κ1) is 27.2. The third-order valence-corrected chi connectivity index (χ3v) is 7.45. The van der Waals surface area contributed by atoms with Crippen molar-refractivity contribution in [3.63, 3.8) is 0 Å². The quantitative estimate of drug-likeness (QED) is 0.302. The molecular weight excluding hydrogens is 502 g/mol. The highest BCUT2D eigenvalue weighted by Gasteiger charge is 2.52. The SMILES string of the molecule is CCC1C(C(=O)O)=C(C)C(c2ccc(OCc3ccccc3)cc2)=CC1(C(=O)O)c1ccc(Cl)cc1CN. The van der Waals surface area contributed by atoms with Crippen molar-refractivity contribution in [1.29, 1.82) is 0 Å². The number of allylic oxidation sites excluding steroid dienone is 2. The summed E-state index contributed by atoms with van der Waals surface area (Å²) in [5.74, 6) is -2.46. The molecule has 196 valence electrons. The number of rotatable bonds is 9. The maximum atomic E-state index is 13.2. The molecule has 0 bridgehead atoms. The van der Waals surface area contributed by atoms with Gasteiger partial charge in [0.2, 0.25) is 0 Å². The Balaban J connectivity index is 1.85. The molecule has 2 unspecified atom stereocenters. The summed E-state index contributed by atoms with van der Waals surface area (Å²) in [5.41, 5.74) is 8.23. The van der Waals surface area contributed by atoms with Crippen molar-refractivity contribution in [3.8, 4) is 5.75 Å². The number of nitrogens with two attached hydrogens (primary N) is 1. The van der Waals surface area contributed by atoms with Crippen LogP contribution in [0.5, 0.6) is 5.75 Å². The van der Waals surface area contributed by atoms with Crippen LogP contribution >= 0.6 is 11.6 Å². The first-order chi connectivity index (χ1) is 18.2. The van der Waals surface area contributed by atoms with Gasteiger partial charge in [0.05, 0.1) is 0 Å². The monoisotopic (exact) mass is 531 g/mol. The zero-order valence-corrected chi connectivity index (χ0v) is 22.0. The van der Waals surface area contributed by atoms with E-state index >= 15 is 0 Å². The van der Waals surface area contributed by atoms with Crippen molar-refractivity contribution in [2.24, 2.45) is 11.7 Å². The van der Waals surface area contributed by atoms with Gasteiger partial charge in [-0.2, -0.15) is 0 Å². The van der Waals surface area contributed by atoms with Gasteiger partial charge in [-0.1, -0.05) is 73.1 Å². The predicted molar refractivity (Wildman–Crippen MR) is 148 cm³/mol. The number of benzene rings is 3. The number of carboxylic acids is 2. The molecule has 38 heavy (non-hydrogen) atoms. The molecule has 1 aliphatic rings. The lowest BCUT2D eigenvalue weighted by atomic mass is 9.60. The highest BCUT2D eigenvalue weighted by molar-refractivity contribution is 6.30. The van der Waals surface area contributed by atoms with Gasteiger partial charge in [0.25, 0.3) is 0 Å². The van der Waals surface area contributed by atoms with Crippen LogP contribution in [0.2, 0.25) is 5.02 Å². The van der Waals surface area contributed by atoms with Crippen LogP contribution in [0.3, 0.4) is 0 Å². The molecule has 2 atom stereocenters. The minimum atomic E-state index is -1.65. The van der Waals surface area contributed by atoms with E-state index in [0.29, 0.717) is 51.6 Å². The number of halogens is 1. The number of hydrogen-bond donors (Lipinski definition) is 3. The molecule has 0 saturated carbocycles. The molecule has 0 spiro atoms. The molecule has 1 aliphatic carbocycles. The Kier molecular flexibility index (Phi) is 8.05. The fourth-order valence-corrected chi connectivity index (χ4v) is 5.60. The molecular formula is C31H30ClNO5. The van der Waals surface area contributed by atoms with Crippen molar-refractivity contribution >= 4 is 29.1 Å². The molecule has 3 aromatic carbocycles. The van der Waals surface area contributed by atoms with Crippen LogP contribution in [0, 0.1) is 5.92 Å². The number of carbonyl (C=O) groups is 2. The van der Waals surface area contributed by atoms with Gasteiger partial charge < -0.3 is 20.7 Å². The van der Waals surface area contributed by atoms with Gasteiger partial charge >= 0.3 is 11.9 Å². The number of carboxylic acid groups (broad SMARTS) is 2. The molecule has 0 radical (unpaired) electrons. The standard InChI is InChI=1S/C31H30ClNO5/c1-3-26-28(29(34)35)19(2)25(16-31(26,30(36)37)27-14-11-23(32)15-22(27)17-33)21-9-12-24(13-10-21)38-18-20-7-5-4-6-8-20/h4-16,26H,3,17-18,33H2,1-2H3,(H,34,35)(H,36,37). The van der Waals surface area contributed by atoms with Crippen LogP contribution in [0.25, 0.3) is 5.57 Å². The summed E-state index contributed by atoms with van der Waals surface area (Å²) in [6, 6.07) is 21.9. The van der Waals surface area contributed by atoms with Gasteiger partial charge in [0.15, 0.2) is 0 Å². The summed E-state index contributed by atoms with van der Waals surface area (Å²) in [6.07, 6.45) is 1.99. The van der Waals surface area contributed by atoms with Crippen LogP contribution in [0.15, 0.2) is 90.0 Å². The summed E-state index contributed by atoms with van der Waals surface area (Å²) >= 11 is 6.20. The molecule has 0 heterocycles. The van der Waals surface area contributed by atoms with Gasteiger partial charge in [0, 0.05) is 23.1 Å². The summed E-state index contributed by atoms with van der Waals surface area (Å²) in [6.45, 7) is 4.00.